The van der Waals surface area contributed by atoms with E-state index in [2.05, 4.69) is 10.1 Å². The first-order valence-corrected chi connectivity index (χ1v) is 7.21. The van der Waals surface area contributed by atoms with Crippen LogP contribution in [0.5, 0.6) is 5.75 Å². The molecular weight excluding hydrogens is 321 g/mol. The highest BCUT2D eigenvalue weighted by Crippen LogP contribution is 2.19. The third-order valence-corrected chi connectivity index (χ3v) is 3.25. The predicted molar refractivity (Wildman–Crippen MR) is 83.2 cm³/mol. The van der Waals surface area contributed by atoms with Crippen molar-refractivity contribution in [2.24, 2.45) is 5.73 Å². The lowest BCUT2D eigenvalue weighted by Crippen LogP contribution is -2.33. The summed E-state index contributed by atoms with van der Waals surface area (Å²) in [5.74, 6) is -0.378. The van der Waals surface area contributed by atoms with Crippen LogP contribution in [-0.2, 0) is 11.3 Å². The Morgan fingerprint density at radius 1 is 1.08 bits per heavy atom. The summed E-state index contributed by atoms with van der Waals surface area (Å²) in [6.45, 7) is -0.996. The van der Waals surface area contributed by atoms with Crippen molar-refractivity contribution in [1.82, 2.24) is 5.32 Å². The second-order valence-electron chi connectivity index (χ2n) is 5.17. The van der Waals surface area contributed by atoms with Gasteiger partial charge in [0.05, 0.1) is 0 Å². The minimum Gasteiger partial charge on any atom is -0.484 e. The third kappa shape index (κ3) is 5.58. The lowest BCUT2D eigenvalue weighted by molar-refractivity contribution is -0.153. The minimum absolute atomic E-state index is 0.130. The standard InChI is InChI=1S/C17H17F3N2O2/c18-17(19,20)11-24-14-8-6-12(7-9-14)10-22-15(16(21)23)13-4-2-1-3-5-13/h1-9,15,22H,10-11H2,(H2,21,23)/t15-/m0/s1. The van der Waals surface area contributed by atoms with Crippen LogP contribution in [0.15, 0.2) is 54.6 Å². The summed E-state index contributed by atoms with van der Waals surface area (Å²) < 4.78 is 40.9. The number of benzene rings is 2. The maximum atomic E-state index is 12.1. The van der Waals surface area contributed by atoms with E-state index in [0.29, 0.717) is 6.54 Å². The number of hydrogen-bond acceptors (Lipinski definition) is 3. The second-order valence-corrected chi connectivity index (χ2v) is 5.17. The first-order chi connectivity index (χ1) is 11.3. The Kier molecular flexibility index (Phi) is 5.81. The number of alkyl halides is 3. The van der Waals surface area contributed by atoms with Crippen molar-refractivity contribution in [2.75, 3.05) is 6.61 Å². The molecule has 0 aliphatic rings. The summed E-state index contributed by atoms with van der Waals surface area (Å²) in [6.07, 6.45) is -4.37. The largest absolute Gasteiger partial charge is 0.484 e. The van der Waals surface area contributed by atoms with Gasteiger partial charge in [-0.3, -0.25) is 10.1 Å². The average molecular weight is 338 g/mol. The molecule has 0 saturated heterocycles. The van der Waals surface area contributed by atoms with Crippen LogP contribution in [-0.4, -0.2) is 18.7 Å². The molecule has 7 heteroatoms. The molecule has 4 nitrogen and oxygen atoms in total. The fourth-order valence-corrected chi connectivity index (χ4v) is 2.12. The maximum absolute atomic E-state index is 12.1. The maximum Gasteiger partial charge on any atom is 0.422 e. The summed E-state index contributed by atoms with van der Waals surface area (Å²) >= 11 is 0. The van der Waals surface area contributed by atoms with Gasteiger partial charge in [0.15, 0.2) is 6.61 Å². The van der Waals surface area contributed by atoms with Gasteiger partial charge >= 0.3 is 6.18 Å². The lowest BCUT2D eigenvalue weighted by Gasteiger charge is -2.16. The van der Waals surface area contributed by atoms with Crippen LogP contribution in [0.1, 0.15) is 17.2 Å². The van der Waals surface area contributed by atoms with E-state index in [4.69, 9.17) is 5.73 Å². The van der Waals surface area contributed by atoms with Gasteiger partial charge in [0, 0.05) is 6.54 Å². The van der Waals surface area contributed by atoms with Crippen LogP contribution in [0, 0.1) is 0 Å². The summed E-state index contributed by atoms with van der Waals surface area (Å²) in [5.41, 5.74) is 6.94. The van der Waals surface area contributed by atoms with E-state index in [-0.39, 0.29) is 5.75 Å². The van der Waals surface area contributed by atoms with E-state index in [9.17, 15) is 18.0 Å². The Bertz CT molecular complexity index is 658. The van der Waals surface area contributed by atoms with Crippen LogP contribution in [0.25, 0.3) is 0 Å². The Labute approximate surface area is 137 Å². The molecule has 0 aromatic heterocycles. The Hall–Kier alpha value is -2.54. The zero-order valence-corrected chi connectivity index (χ0v) is 12.7. The van der Waals surface area contributed by atoms with E-state index in [1.54, 1.807) is 36.4 Å². The zero-order chi connectivity index (χ0) is 17.6. The summed E-state index contributed by atoms with van der Waals surface area (Å²) in [6, 6.07) is 14.5. The van der Waals surface area contributed by atoms with Gasteiger partial charge in [-0.2, -0.15) is 13.2 Å². The molecular formula is C17H17F3N2O2. The van der Waals surface area contributed by atoms with Gasteiger partial charge in [-0.25, -0.2) is 0 Å². The lowest BCUT2D eigenvalue weighted by atomic mass is 10.1. The molecule has 24 heavy (non-hydrogen) atoms. The van der Waals surface area contributed by atoms with E-state index >= 15 is 0 Å². The Morgan fingerprint density at radius 2 is 1.71 bits per heavy atom. The van der Waals surface area contributed by atoms with Crippen LogP contribution < -0.4 is 15.8 Å². The van der Waals surface area contributed by atoms with Crippen LogP contribution in [0.2, 0.25) is 0 Å². The molecule has 0 saturated carbocycles. The molecule has 0 spiro atoms. The summed E-state index contributed by atoms with van der Waals surface area (Å²) in [5, 5.41) is 3.03. The normalized spacial score (nSPS) is 12.6. The molecule has 0 radical (unpaired) electrons. The first kappa shape index (κ1) is 17.8. The summed E-state index contributed by atoms with van der Waals surface area (Å²) in [4.78, 5) is 11.6. The minimum atomic E-state index is -4.37. The number of nitrogens with two attached hydrogens (primary N) is 1. The van der Waals surface area contributed by atoms with Crippen molar-refractivity contribution in [3.8, 4) is 5.75 Å². The van der Waals surface area contributed by atoms with E-state index in [0.717, 1.165) is 11.1 Å². The van der Waals surface area contributed by atoms with Gasteiger partial charge in [-0.1, -0.05) is 42.5 Å². The zero-order valence-electron chi connectivity index (χ0n) is 12.7. The molecule has 2 aromatic rings. The molecule has 0 heterocycles. The molecule has 1 atom stereocenters. The number of halogens is 3. The number of carbonyl (C=O) groups is 1. The van der Waals surface area contributed by atoms with Gasteiger partial charge in [-0.05, 0) is 23.3 Å². The van der Waals surface area contributed by atoms with Crippen molar-refractivity contribution in [2.45, 2.75) is 18.8 Å². The molecule has 0 unspecified atom stereocenters. The number of ether oxygens (including phenoxy) is 1. The van der Waals surface area contributed by atoms with Crippen molar-refractivity contribution in [3.05, 3.63) is 65.7 Å². The van der Waals surface area contributed by atoms with E-state index in [1.165, 1.54) is 12.1 Å². The molecule has 2 aromatic carbocycles. The van der Waals surface area contributed by atoms with Crippen LogP contribution in [0.3, 0.4) is 0 Å². The molecule has 0 aliphatic carbocycles. The monoisotopic (exact) mass is 338 g/mol. The average Bonchev–Trinajstić information content (AvgIpc) is 2.54. The number of carbonyl (C=O) groups excluding carboxylic acids is 1. The molecule has 128 valence electrons. The quantitative estimate of drug-likeness (QED) is 0.816. The molecule has 0 bridgehead atoms. The second kappa shape index (κ2) is 7.83. The first-order valence-electron chi connectivity index (χ1n) is 7.21. The third-order valence-electron chi connectivity index (χ3n) is 3.25. The topological polar surface area (TPSA) is 64.4 Å². The number of hydrogen-bond donors (Lipinski definition) is 2. The number of nitrogens with one attached hydrogen (secondary N) is 1. The molecule has 1 amide bonds. The Morgan fingerprint density at radius 3 is 2.25 bits per heavy atom. The highest BCUT2D eigenvalue weighted by molar-refractivity contribution is 5.81. The van der Waals surface area contributed by atoms with Crippen molar-refractivity contribution in [1.29, 1.82) is 0 Å². The molecule has 0 fully saturated rings. The Balaban J connectivity index is 1.94. The number of amides is 1. The number of primary amides is 1. The van der Waals surface area contributed by atoms with Crippen LogP contribution >= 0.6 is 0 Å². The highest BCUT2D eigenvalue weighted by atomic mass is 19.4. The van der Waals surface area contributed by atoms with Crippen LogP contribution in [0.4, 0.5) is 13.2 Å². The molecule has 0 aliphatic heterocycles. The summed E-state index contributed by atoms with van der Waals surface area (Å²) in [7, 11) is 0. The molecule has 2 rings (SSSR count). The predicted octanol–water partition coefficient (Wildman–Crippen LogP) is 2.94. The van der Waals surface area contributed by atoms with Gasteiger partial charge < -0.3 is 10.5 Å². The van der Waals surface area contributed by atoms with Crippen molar-refractivity contribution in [3.63, 3.8) is 0 Å². The highest BCUT2D eigenvalue weighted by Gasteiger charge is 2.28. The van der Waals surface area contributed by atoms with E-state index in [1.807, 2.05) is 6.07 Å². The van der Waals surface area contributed by atoms with Gasteiger partial charge in [-0.15, -0.1) is 0 Å². The fraction of sp³-hybridized carbons (Fsp3) is 0.235. The van der Waals surface area contributed by atoms with Crippen molar-refractivity contribution < 1.29 is 22.7 Å². The SMILES string of the molecule is NC(=O)[C@@H](NCc1ccc(OCC(F)(F)F)cc1)c1ccccc1. The fourth-order valence-electron chi connectivity index (χ4n) is 2.12. The van der Waals surface area contributed by atoms with E-state index < -0.39 is 24.7 Å². The van der Waals surface area contributed by atoms with Gasteiger partial charge in [0.25, 0.3) is 0 Å². The smallest absolute Gasteiger partial charge is 0.422 e. The van der Waals surface area contributed by atoms with Crippen molar-refractivity contribution >= 4 is 5.91 Å². The molecule has 3 N–H and O–H groups in total. The van der Waals surface area contributed by atoms with Gasteiger partial charge in [0.1, 0.15) is 11.8 Å². The van der Waals surface area contributed by atoms with Gasteiger partial charge in [0.2, 0.25) is 5.91 Å². The number of rotatable bonds is 7.